The minimum Gasteiger partial charge on any atom is -0.507 e. The van der Waals surface area contributed by atoms with Crippen molar-refractivity contribution in [2.24, 2.45) is 5.92 Å². The van der Waals surface area contributed by atoms with Crippen molar-refractivity contribution in [3.63, 3.8) is 0 Å². The number of phenolic OH excluding ortho intramolecular Hbond substituents is 1. The largest absolute Gasteiger partial charge is 0.507 e. The number of carbonyl (C=O) groups is 1. The third kappa shape index (κ3) is 3.72. The van der Waals surface area contributed by atoms with Gasteiger partial charge in [0.15, 0.2) is 0 Å². The Morgan fingerprint density at radius 3 is 2.32 bits per heavy atom. The third-order valence-corrected chi connectivity index (χ3v) is 3.41. The van der Waals surface area contributed by atoms with Crippen molar-refractivity contribution in [2.45, 2.75) is 52.9 Å². The Balaban J connectivity index is 3.28. The number of carboxylic acid groups (broad SMARTS) is 1. The molecule has 0 heterocycles. The van der Waals surface area contributed by atoms with E-state index in [2.05, 4.69) is 6.92 Å². The normalized spacial score (nSPS) is 13.3. The molecule has 0 aromatic heterocycles. The Labute approximate surface area is 115 Å². The fourth-order valence-electron chi connectivity index (χ4n) is 2.11. The van der Waals surface area contributed by atoms with Gasteiger partial charge in [0.05, 0.1) is 5.92 Å². The predicted molar refractivity (Wildman–Crippen MR) is 76.7 cm³/mol. The topological polar surface area (TPSA) is 57.5 Å². The van der Waals surface area contributed by atoms with E-state index in [0.717, 1.165) is 23.1 Å². The molecule has 3 nitrogen and oxygen atoms in total. The lowest BCUT2D eigenvalue weighted by Gasteiger charge is -2.23. The van der Waals surface area contributed by atoms with E-state index in [0.29, 0.717) is 6.42 Å². The molecule has 0 amide bonds. The summed E-state index contributed by atoms with van der Waals surface area (Å²) in [6.45, 7) is 9.87. The smallest absolute Gasteiger partial charge is 0.306 e. The van der Waals surface area contributed by atoms with E-state index >= 15 is 0 Å². The third-order valence-electron chi connectivity index (χ3n) is 3.41. The maximum absolute atomic E-state index is 11.0. The Kier molecular flexibility index (Phi) is 4.61. The van der Waals surface area contributed by atoms with E-state index in [-0.39, 0.29) is 11.2 Å². The molecule has 106 valence electrons. The highest BCUT2D eigenvalue weighted by Crippen LogP contribution is 2.35. The van der Waals surface area contributed by atoms with Crippen LogP contribution in [0.5, 0.6) is 5.75 Å². The summed E-state index contributed by atoms with van der Waals surface area (Å²) in [5, 5.41) is 19.4. The molecule has 1 unspecified atom stereocenters. The van der Waals surface area contributed by atoms with Gasteiger partial charge in [-0.05, 0) is 34.9 Å². The van der Waals surface area contributed by atoms with E-state index in [1.165, 1.54) is 0 Å². The van der Waals surface area contributed by atoms with Crippen molar-refractivity contribution in [2.75, 3.05) is 0 Å². The minimum absolute atomic E-state index is 0.156. The first kappa shape index (κ1) is 15.5. The highest BCUT2D eigenvalue weighted by Gasteiger charge is 2.23. The van der Waals surface area contributed by atoms with E-state index in [9.17, 15) is 9.90 Å². The maximum Gasteiger partial charge on any atom is 0.306 e. The summed E-state index contributed by atoms with van der Waals surface area (Å²) in [6.07, 6.45) is 1.23. The van der Waals surface area contributed by atoms with Gasteiger partial charge in [0.25, 0.3) is 0 Å². The summed E-state index contributed by atoms with van der Waals surface area (Å²) in [6, 6.07) is 3.94. The number of aromatic hydroxyl groups is 1. The van der Waals surface area contributed by atoms with Gasteiger partial charge in [-0.3, -0.25) is 4.79 Å². The van der Waals surface area contributed by atoms with Crippen molar-refractivity contribution >= 4 is 5.97 Å². The van der Waals surface area contributed by atoms with Gasteiger partial charge in [-0.1, -0.05) is 46.8 Å². The quantitative estimate of drug-likeness (QED) is 0.874. The molecule has 1 rings (SSSR count). The Bertz CT molecular complexity index is 470. The van der Waals surface area contributed by atoms with Gasteiger partial charge < -0.3 is 10.2 Å². The number of aryl methyl sites for hydroxylation is 1. The van der Waals surface area contributed by atoms with Crippen LogP contribution in [-0.4, -0.2) is 16.2 Å². The number of phenols is 1. The lowest BCUT2D eigenvalue weighted by molar-refractivity contribution is -0.141. The second-order valence-electron chi connectivity index (χ2n) is 6.20. The molecular formula is C16H24O3. The van der Waals surface area contributed by atoms with Crippen LogP contribution in [0.15, 0.2) is 12.1 Å². The summed E-state index contributed by atoms with van der Waals surface area (Å²) in [4.78, 5) is 11.0. The molecule has 0 fully saturated rings. The summed E-state index contributed by atoms with van der Waals surface area (Å²) in [5.74, 6) is -1.08. The second kappa shape index (κ2) is 5.64. The van der Waals surface area contributed by atoms with Crippen LogP contribution in [-0.2, 0) is 23.1 Å². The van der Waals surface area contributed by atoms with E-state index in [1.54, 1.807) is 6.92 Å². The molecule has 0 saturated heterocycles. The molecule has 0 aliphatic carbocycles. The average Bonchev–Trinajstić information content (AvgIpc) is 2.29. The van der Waals surface area contributed by atoms with E-state index in [4.69, 9.17) is 5.11 Å². The van der Waals surface area contributed by atoms with Crippen molar-refractivity contribution in [1.82, 2.24) is 0 Å². The van der Waals surface area contributed by atoms with Gasteiger partial charge in [0.1, 0.15) is 5.75 Å². The van der Waals surface area contributed by atoms with Gasteiger partial charge in [0.2, 0.25) is 0 Å². The zero-order valence-corrected chi connectivity index (χ0v) is 12.4. The van der Waals surface area contributed by atoms with Crippen LogP contribution >= 0.6 is 0 Å². The molecule has 19 heavy (non-hydrogen) atoms. The Morgan fingerprint density at radius 1 is 1.32 bits per heavy atom. The van der Waals surface area contributed by atoms with Gasteiger partial charge in [-0.25, -0.2) is 0 Å². The Hall–Kier alpha value is -1.51. The Morgan fingerprint density at radius 2 is 1.89 bits per heavy atom. The van der Waals surface area contributed by atoms with Gasteiger partial charge >= 0.3 is 5.97 Å². The van der Waals surface area contributed by atoms with Crippen LogP contribution < -0.4 is 0 Å². The first-order chi connectivity index (χ1) is 8.66. The molecule has 0 aliphatic rings. The maximum atomic E-state index is 11.0. The van der Waals surface area contributed by atoms with Crippen LogP contribution in [0, 0.1) is 5.92 Å². The van der Waals surface area contributed by atoms with Crippen LogP contribution in [0.1, 0.15) is 51.3 Å². The SMILES string of the molecule is CCc1cc(CC(C)C(=O)O)c(O)c(C(C)(C)C)c1. The van der Waals surface area contributed by atoms with Gasteiger partial charge in [-0.15, -0.1) is 0 Å². The molecule has 2 N–H and O–H groups in total. The molecule has 3 heteroatoms. The molecule has 0 spiro atoms. The van der Waals surface area contributed by atoms with Crippen LogP contribution in [0.4, 0.5) is 0 Å². The number of hydrogen-bond donors (Lipinski definition) is 2. The number of hydrogen-bond acceptors (Lipinski definition) is 2. The van der Waals surface area contributed by atoms with Crippen molar-refractivity contribution in [3.8, 4) is 5.75 Å². The minimum atomic E-state index is -0.835. The zero-order valence-electron chi connectivity index (χ0n) is 12.4. The molecule has 0 bridgehead atoms. The highest BCUT2D eigenvalue weighted by molar-refractivity contribution is 5.70. The fraction of sp³-hybridized carbons (Fsp3) is 0.562. The van der Waals surface area contributed by atoms with Crippen LogP contribution in [0.2, 0.25) is 0 Å². The number of benzene rings is 1. The summed E-state index contributed by atoms with van der Waals surface area (Å²) >= 11 is 0. The number of carboxylic acids is 1. The molecule has 0 radical (unpaired) electrons. The molecular weight excluding hydrogens is 240 g/mol. The molecule has 0 aliphatic heterocycles. The summed E-state index contributed by atoms with van der Waals surface area (Å²) in [7, 11) is 0. The highest BCUT2D eigenvalue weighted by atomic mass is 16.4. The molecule has 1 aromatic rings. The second-order valence-corrected chi connectivity index (χ2v) is 6.20. The van der Waals surface area contributed by atoms with E-state index < -0.39 is 11.9 Å². The summed E-state index contributed by atoms with van der Waals surface area (Å²) in [5.41, 5.74) is 2.60. The zero-order chi connectivity index (χ0) is 14.8. The first-order valence-electron chi connectivity index (χ1n) is 6.74. The summed E-state index contributed by atoms with van der Waals surface area (Å²) < 4.78 is 0. The van der Waals surface area contributed by atoms with Gasteiger partial charge in [0, 0.05) is 0 Å². The molecule has 1 atom stereocenters. The van der Waals surface area contributed by atoms with Crippen molar-refractivity contribution in [3.05, 3.63) is 28.8 Å². The van der Waals surface area contributed by atoms with Crippen LogP contribution in [0.3, 0.4) is 0 Å². The lowest BCUT2D eigenvalue weighted by Crippen LogP contribution is -2.16. The van der Waals surface area contributed by atoms with Gasteiger partial charge in [-0.2, -0.15) is 0 Å². The number of aliphatic carboxylic acids is 1. The number of rotatable bonds is 4. The standard InChI is InChI=1S/C16H24O3/c1-6-11-8-12(7-10(2)15(18)19)14(17)13(9-11)16(3,4)5/h8-10,17H,6-7H2,1-5H3,(H,18,19). The molecule has 1 aromatic carbocycles. The van der Waals surface area contributed by atoms with Crippen molar-refractivity contribution in [1.29, 1.82) is 0 Å². The fourth-order valence-corrected chi connectivity index (χ4v) is 2.11. The predicted octanol–water partition coefficient (Wildman–Crippen LogP) is 3.52. The van der Waals surface area contributed by atoms with Crippen LogP contribution in [0.25, 0.3) is 0 Å². The van der Waals surface area contributed by atoms with Crippen molar-refractivity contribution < 1.29 is 15.0 Å². The first-order valence-corrected chi connectivity index (χ1v) is 6.74. The van der Waals surface area contributed by atoms with E-state index in [1.807, 2.05) is 32.9 Å². The lowest BCUT2D eigenvalue weighted by atomic mass is 9.82. The average molecular weight is 264 g/mol. The monoisotopic (exact) mass is 264 g/mol. The molecule has 0 saturated carbocycles.